The van der Waals surface area contributed by atoms with Crippen LogP contribution in [0.25, 0.3) is 10.9 Å². The van der Waals surface area contributed by atoms with Gasteiger partial charge in [-0.3, -0.25) is 0 Å². The average Bonchev–Trinajstić information content (AvgIpc) is 2.73. The first-order valence-corrected chi connectivity index (χ1v) is 6.09. The molecule has 0 amide bonds. The smallest absolute Gasteiger partial charge is 0.205 e. The van der Waals surface area contributed by atoms with Gasteiger partial charge in [0, 0.05) is 23.2 Å². The Bertz CT molecular complexity index is 602. The first kappa shape index (κ1) is 13.5. The summed E-state index contributed by atoms with van der Waals surface area (Å²) < 4.78 is 10.7. The zero-order valence-electron chi connectivity index (χ0n) is 12.0. The minimum Gasteiger partial charge on any atom is -0.504 e. The molecule has 0 spiro atoms. The summed E-state index contributed by atoms with van der Waals surface area (Å²) in [6, 6.07) is 2.01. The Balaban J connectivity index is 2.82. The Hall–Kier alpha value is -1.88. The second-order valence-corrected chi connectivity index (χ2v) is 4.87. The molecule has 2 rings (SSSR count). The summed E-state index contributed by atoms with van der Waals surface area (Å²) in [7, 11) is 7.01. The van der Waals surface area contributed by atoms with E-state index in [1.165, 1.54) is 7.11 Å². The summed E-state index contributed by atoms with van der Waals surface area (Å²) >= 11 is 0. The number of hydrogen-bond donors (Lipinski definition) is 2. The molecule has 0 saturated heterocycles. The maximum atomic E-state index is 10.4. The third kappa shape index (κ3) is 2.21. The minimum atomic E-state index is 0.138. The third-order valence-electron chi connectivity index (χ3n) is 3.09. The van der Waals surface area contributed by atoms with Gasteiger partial charge in [0.15, 0.2) is 11.5 Å². The van der Waals surface area contributed by atoms with E-state index in [2.05, 4.69) is 4.98 Å². The number of rotatable bonds is 4. The van der Waals surface area contributed by atoms with E-state index < -0.39 is 0 Å². The van der Waals surface area contributed by atoms with Crippen LogP contribution in [-0.2, 0) is 6.54 Å². The van der Waals surface area contributed by atoms with Gasteiger partial charge in [-0.2, -0.15) is 0 Å². The topological polar surface area (TPSA) is 57.7 Å². The summed E-state index contributed by atoms with van der Waals surface area (Å²) in [5, 5.41) is 11.4. The summed E-state index contributed by atoms with van der Waals surface area (Å²) in [4.78, 5) is 5.26. The van der Waals surface area contributed by atoms with Crippen LogP contribution in [-0.4, -0.2) is 43.3 Å². The Morgan fingerprint density at radius 1 is 1.21 bits per heavy atom. The lowest BCUT2D eigenvalue weighted by Gasteiger charge is -2.17. The molecule has 1 aromatic carbocycles. The number of fused-ring (bicyclic) bond motifs is 1. The molecule has 1 aromatic heterocycles. The molecule has 19 heavy (non-hydrogen) atoms. The van der Waals surface area contributed by atoms with Crippen molar-refractivity contribution in [3.05, 3.63) is 17.3 Å². The monoisotopic (exact) mass is 264 g/mol. The number of aromatic nitrogens is 1. The van der Waals surface area contributed by atoms with Crippen molar-refractivity contribution in [3.8, 4) is 17.2 Å². The lowest BCUT2D eigenvalue weighted by atomic mass is 10.1. The van der Waals surface area contributed by atoms with E-state index in [0.29, 0.717) is 18.0 Å². The Kier molecular flexibility index (Phi) is 3.57. The number of benzene rings is 1. The predicted octanol–water partition coefficient (Wildman–Crippen LogP) is 2.26. The quantitative estimate of drug-likeness (QED) is 0.889. The van der Waals surface area contributed by atoms with Gasteiger partial charge in [-0.1, -0.05) is 0 Å². The molecule has 0 aliphatic rings. The molecule has 5 heteroatoms. The molecule has 104 valence electrons. The lowest BCUT2D eigenvalue weighted by molar-refractivity contribution is 0.328. The van der Waals surface area contributed by atoms with Crippen molar-refractivity contribution < 1.29 is 14.6 Å². The number of hydrogen-bond acceptors (Lipinski definition) is 4. The molecule has 0 aliphatic carbocycles. The number of phenolic OH excluding ortho intramolecular Hbond substituents is 1. The molecule has 2 N–H and O–H groups in total. The largest absolute Gasteiger partial charge is 0.504 e. The maximum absolute atomic E-state index is 10.4. The van der Waals surface area contributed by atoms with E-state index in [-0.39, 0.29) is 5.75 Å². The molecule has 0 fully saturated rings. The van der Waals surface area contributed by atoms with Crippen LogP contribution >= 0.6 is 0 Å². The van der Waals surface area contributed by atoms with Gasteiger partial charge in [-0.05, 0) is 27.1 Å². The highest BCUT2D eigenvalue weighted by Crippen LogP contribution is 2.46. The molecule has 1 heterocycles. The van der Waals surface area contributed by atoms with Gasteiger partial charge in [0.25, 0.3) is 0 Å². The number of methoxy groups -OCH3 is 2. The van der Waals surface area contributed by atoms with E-state index in [1.807, 2.05) is 32.0 Å². The first-order chi connectivity index (χ1) is 8.99. The summed E-state index contributed by atoms with van der Waals surface area (Å²) in [6.07, 6.45) is 0. The van der Waals surface area contributed by atoms with E-state index in [9.17, 15) is 5.11 Å². The van der Waals surface area contributed by atoms with Crippen LogP contribution in [0.4, 0.5) is 0 Å². The molecule has 0 unspecified atom stereocenters. The van der Waals surface area contributed by atoms with E-state index in [0.717, 1.165) is 22.2 Å². The Morgan fingerprint density at radius 3 is 2.37 bits per heavy atom. The number of ether oxygens (including phenoxy) is 2. The van der Waals surface area contributed by atoms with Crippen molar-refractivity contribution in [3.63, 3.8) is 0 Å². The second kappa shape index (κ2) is 5.01. The van der Waals surface area contributed by atoms with Crippen LogP contribution in [0.5, 0.6) is 17.2 Å². The van der Waals surface area contributed by atoms with Crippen LogP contribution in [0.2, 0.25) is 0 Å². The number of aromatic hydroxyl groups is 1. The Morgan fingerprint density at radius 2 is 1.84 bits per heavy atom. The van der Waals surface area contributed by atoms with Crippen molar-refractivity contribution in [2.45, 2.75) is 13.5 Å². The zero-order valence-corrected chi connectivity index (χ0v) is 12.0. The fraction of sp³-hybridized carbons (Fsp3) is 0.429. The summed E-state index contributed by atoms with van der Waals surface area (Å²) in [6.45, 7) is 2.60. The van der Waals surface area contributed by atoms with Crippen molar-refractivity contribution >= 4 is 10.9 Å². The second-order valence-electron chi connectivity index (χ2n) is 4.87. The van der Waals surface area contributed by atoms with E-state index >= 15 is 0 Å². The zero-order chi connectivity index (χ0) is 14.2. The van der Waals surface area contributed by atoms with Crippen LogP contribution in [0.15, 0.2) is 6.07 Å². The highest BCUT2D eigenvalue weighted by atomic mass is 16.5. The minimum absolute atomic E-state index is 0.138. The lowest BCUT2D eigenvalue weighted by Crippen LogP contribution is -2.11. The highest BCUT2D eigenvalue weighted by Gasteiger charge is 2.22. The van der Waals surface area contributed by atoms with Crippen molar-refractivity contribution in [2.75, 3.05) is 28.3 Å². The molecule has 2 aromatic rings. The number of aromatic amines is 1. The summed E-state index contributed by atoms with van der Waals surface area (Å²) in [5.74, 6) is 1.04. The molecule has 0 bridgehead atoms. The average molecular weight is 264 g/mol. The number of nitrogens with one attached hydrogen (secondary N) is 1. The van der Waals surface area contributed by atoms with Crippen molar-refractivity contribution in [2.24, 2.45) is 0 Å². The van der Waals surface area contributed by atoms with Gasteiger partial charge in [0.05, 0.1) is 19.7 Å². The van der Waals surface area contributed by atoms with Crippen molar-refractivity contribution in [1.29, 1.82) is 0 Å². The van der Waals surface area contributed by atoms with Crippen LogP contribution in [0.3, 0.4) is 0 Å². The maximum Gasteiger partial charge on any atom is 0.205 e. The van der Waals surface area contributed by atoms with Crippen molar-refractivity contribution in [1.82, 2.24) is 9.88 Å². The van der Waals surface area contributed by atoms with Gasteiger partial charge < -0.3 is 24.5 Å². The first-order valence-electron chi connectivity index (χ1n) is 6.09. The molecule has 5 nitrogen and oxygen atoms in total. The molecule has 0 saturated carbocycles. The van der Waals surface area contributed by atoms with Crippen LogP contribution in [0.1, 0.15) is 11.3 Å². The molecule has 0 radical (unpaired) electrons. The molecular weight excluding hydrogens is 244 g/mol. The summed E-state index contributed by atoms with van der Waals surface area (Å²) in [5.41, 5.74) is 2.70. The number of aryl methyl sites for hydroxylation is 1. The third-order valence-corrected chi connectivity index (χ3v) is 3.09. The highest BCUT2D eigenvalue weighted by molar-refractivity contribution is 5.94. The van der Waals surface area contributed by atoms with Crippen LogP contribution in [0, 0.1) is 6.92 Å². The standard InChI is InChI=1S/C14H20N2O3/c1-8-6-9-10(7-16(2)3)12(17)14(19-5)13(18-4)11(9)15-8/h6,15,17H,7H2,1-5H3. The Labute approximate surface area is 112 Å². The van der Waals surface area contributed by atoms with Gasteiger partial charge in [-0.25, -0.2) is 0 Å². The van der Waals surface area contributed by atoms with E-state index in [1.54, 1.807) is 7.11 Å². The fourth-order valence-corrected chi connectivity index (χ4v) is 2.35. The van der Waals surface area contributed by atoms with Crippen LogP contribution < -0.4 is 9.47 Å². The molecule has 0 aliphatic heterocycles. The number of nitrogens with zero attached hydrogens (tertiary/aromatic N) is 1. The van der Waals surface area contributed by atoms with Gasteiger partial charge >= 0.3 is 0 Å². The SMILES string of the molecule is COc1c(O)c(CN(C)C)c2cc(C)[nH]c2c1OC. The number of H-pyrrole nitrogens is 1. The van der Waals surface area contributed by atoms with E-state index in [4.69, 9.17) is 9.47 Å². The predicted molar refractivity (Wildman–Crippen MR) is 75.2 cm³/mol. The molecule has 0 atom stereocenters. The molecular formula is C14H20N2O3. The van der Waals surface area contributed by atoms with Gasteiger partial charge in [-0.15, -0.1) is 0 Å². The van der Waals surface area contributed by atoms with Gasteiger partial charge in [0.1, 0.15) is 0 Å². The normalized spacial score (nSPS) is 11.3. The van der Waals surface area contributed by atoms with Gasteiger partial charge in [0.2, 0.25) is 5.75 Å². The number of phenols is 1. The fourth-order valence-electron chi connectivity index (χ4n) is 2.35.